The number of imide groups is 1. The number of anilines is 1. The number of pyridine rings is 1. The molecule has 3 aliphatic rings. The van der Waals surface area contributed by atoms with E-state index in [0.29, 0.717) is 41.1 Å². The van der Waals surface area contributed by atoms with E-state index in [1.165, 1.54) is 11.1 Å². The predicted molar refractivity (Wildman–Crippen MR) is 113 cm³/mol. The Morgan fingerprint density at radius 1 is 1.33 bits per heavy atom. The molecular weight excluding hydrogens is 400 g/mol. The molecule has 3 aliphatic heterocycles. The van der Waals surface area contributed by atoms with Gasteiger partial charge in [0.1, 0.15) is 17.8 Å². The average Bonchev–Trinajstić information content (AvgIpc) is 3.43. The molecule has 2 bridgehead atoms. The van der Waals surface area contributed by atoms with Gasteiger partial charge in [0.2, 0.25) is 0 Å². The Hall–Kier alpha value is -3.69. The molecule has 9 heteroatoms. The Bertz CT molecular complexity index is 1200. The fourth-order valence-corrected chi connectivity index (χ4v) is 5.07. The number of nitrogens with zero attached hydrogens (tertiary/aromatic N) is 5. The number of likely N-dealkylation sites (tertiary alicyclic amines) is 1. The van der Waals surface area contributed by atoms with Crippen LogP contribution in [0.25, 0.3) is 10.8 Å². The Labute approximate surface area is 178 Å². The summed E-state index contributed by atoms with van der Waals surface area (Å²) >= 11 is 5.44. The normalized spacial score (nSPS) is 24.2. The van der Waals surface area contributed by atoms with Crippen LogP contribution in [-0.4, -0.2) is 63.0 Å². The molecule has 1 N–H and O–H groups in total. The van der Waals surface area contributed by atoms with E-state index in [2.05, 4.69) is 22.3 Å². The Morgan fingerprint density at radius 3 is 2.83 bits per heavy atom. The van der Waals surface area contributed by atoms with E-state index >= 15 is 0 Å². The Kier molecular flexibility index (Phi) is 4.09. The first-order valence-corrected chi connectivity index (χ1v) is 9.89. The number of urea groups is 1. The molecule has 148 valence electrons. The summed E-state index contributed by atoms with van der Waals surface area (Å²) in [5.41, 5.74) is 0.651. The van der Waals surface area contributed by atoms with E-state index in [4.69, 9.17) is 18.6 Å². The maximum atomic E-state index is 13.4. The second-order valence-electron chi connectivity index (χ2n) is 7.43. The molecular formula is C21H16N6O2S. The number of rotatable bonds is 2. The smallest absolute Gasteiger partial charge is 0.332 e. The lowest BCUT2D eigenvalue weighted by atomic mass is 10.1. The second-order valence-corrected chi connectivity index (χ2v) is 7.82. The molecule has 1 aromatic heterocycles. The first-order chi connectivity index (χ1) is 14.6. The maximum absolute atomic E-state index is 13.4. The Morgan fingerprint density at radius 2 is 2.10 bits per heavy atom. The number of piperazine rings is 1. The van der Waals surface area contributed by atoms with Crippen molar-refractivity contribution in [2.45, 2.75) is 24.5 Å². The monoisotopic (exact) mass is 416 g/mol. The minimum Gasteiger partial charge on any atom is -0.352 e. The molecule has 2 unspecified atom stereocenters. The molecule has 0 saturated carbocycles. The summed E-state index contributed by atoms with van der Waals surface area (Å²) in [6, 6.07) is 7.98. The zero-order chi connectivity index (χ0) is 21.0. The van der Waals surface area contributed by atoms with Crippen LogP contribution >= 0.6 is 12.2 Å². The lowest BCUT2D eigenvalue weighted by molar-refractivity contribution is -0.120. The lowest BCUT2D eigenvalue weighted by Crippen LogP contribution is -2.56. The van der Waals surface area contributed by atoms with Crippen LogP contribution in [0.3, 0.4) is 0 Å². The third-order valence-corrected chi connectivity index (χ3v) is 6.37. The summed E-state index contributed by atoms with van der Waals surface area (Å²) in [6.45, 7) is 0.875. The van der Waals surface area contributed by atoms with Gasteiger partial charge in [-0.25, -0.2) is 14.7 Å². The van der Waals surface area contributed by atoms with E-state index in [-0.39, 0.29) is 29.7 Å². The third-order valence-electron chi connectivity index (χ3n) is 5.99. The number of nitriles is 1. The molecule has 1 aromatic carbocycles. The van der Waals surface area contributed by atoms with Crippen molar-refractivity contribution in [1.29, 1.82) is 5.26 Å². The number of hydrogen-bond acceptors (Lipinski definition) is 5. The predicted octanol–water partition coefficient (Wildman–Crippen LogP) is 1.21. The van der Waals surface area contributed by atoms with E-state index in [1.807, 2.05) is 4.90 Å². The maximum Gasteiger partial charge on any atom is 0.332 e. The minimum atomic E-state index is -0.601. The molecule has 0 aliphatic carbocycles. The van der Waals surface area contributed by atoms with Crippen molar-refractivity contribution >= 4 is 45.7 Å². The molecule has 3 amide bonds. The number of nitrogens with one attached hydrogen (secondary N) is 1. The van der Waals surface area contributed by atoms with Crippen LogP contribution in [0.4, 0.5) is 10.5 Å². The highest BCUT2D eigenvalue weighted by molar-refractivity contribution is 7.80. The van der Waals surface area contributed by atoms with Crippen LogP contribution in [0.2, 0.25) is 0 Å². The van der Waals surface area contributed by atoms with Crippen molar-refractivity contribution in [3.8, 4) is 18.4 Å². The first kappa shape index (κ1) is 18.3. The number of amides is 3. The summed E-state index contributed by atoms with van der Waals surface area (Å²) in [6.07, 6.45) is 7.42. The van der Waals surface area contributed by atoms with Gasteiger partial charge in [0.15, 0.2) is 5.11 Å². The fourth-order valence-electron chi connectivity index (χ4n) is 4.79. The average molecular weight is 416 g/mol. The van der Waals surface area contributed by atoms with Crippen molar-refractivity contribution in [3.05, 3.63) is 36.2 Å². The van der Waals surface area contributed by atoms with Gasteiger partial charge in [-0.15, -0.1) is 6.42 Å². The van der Waals surface area contributed by atoms with Crippen LogP contribution in [0.1, 0.15) is 12.1 Å². The van der Waals surface area contributed by atoms with Crippen molar-refractivity contribution in [2.75, 3.05) is 18.0 Å². The molecule has 3 atom stereocenters. The van der Waals surface area contributed by atoms with Gasteiger partial charge in [-0.2, -0.15) is 5.26 Å². The largest absolute Gasteiger partial charge is 0.352 e. The third kappa shape index (κ3) is 2.39. The molecule has 4 heterocycles. The quantitative estimate of drug-likeness (QED) is 0.447. The molecule has 3 saturated heterocycles. The lowest BCUT2D eigenvalue weighted by Gasteiger charge is -2.36. The minimum absolute atomic E-state index is 0.0929. The molecule has 0 radical (unpaired) electrons. The number of carbonyl (C=O) groups excluding carboxylic acids is 2. The summed E-state index contributed by atoms with van der Waals surface area (Å²) in [7, 11) is 0. The standard InChI is InChI=1S/C21H16N6O2S/c1-2-7-23-20(30)25-11-12-8-16(25)18-19(28)27(21(29)26(12)18)17-10-24-15(9-22)13-5-3-4-6-14(13)17/h1,3-6,10,12,16,18H,7-8,11H2,(H,23,30)/t12?,16?,18-/m1/s1. The molecule has 2 aromatic rings. The fraction of sp³-hybridized carbons (Fsp3) is 0.286. The van der Waals surface area contributed by atoms with E-state index in [9.17, 15) is 14.9 Å². The molecule has 30 heavy (non-hydrogen) atoms. The molecule has 5 rings (SSSR count). The second kappa shape index (κ2) is 6.68. The molecule has 8 nitrogen and oxygen atoms in total. The van der Waals surface area contributed by atoms with Crippen LogP contribution in [0.5, 0.6) is 0 Å². The van der Waals surface area contributed by atoms with Gasteiger partial charge < -0.3 is 15.1 Å². The van der Waals surface area contributed by atoms with Crippen molar-refractivity contribution in [3.63, 3.8) is 0 Å². The van der Waals surface area contributed by atoms with Crippen molar-refractivity contribution < 1.29 is 9.59 Å². The molecule has 0 spiro atoms. The number of terminal acetylenes is 1. The van der Waals surface area contributed by atoms with E-state index in [1.54, 1.807) is 29.2 Å². The summed E-state index contributed by atoms with van der Waals surface area (Å²) in [5.74, 6) is 2.19. The highest BCUT2D eigenvalue weighted by Crippen LogP contribution is 2.43. The zero-order valence-electron chi connectivity index (χ0n) is 15.8. The number of hydrogen-bond donors (Lipinski definition) is 1. The number of fused-ring (bicyclic) bond motifs is 6. The number of benzene rings is 1. The highest BCUT2D eigenvalue weighted by Gasteiger charge is 2.62. The first-order valence-electron chi connectivity index (χ1n) is 9.49. The zero-order valence-corrected chi connectivity index (χ0v) is 16.6. The van der Waals surface area contributed by atoms with Gasteiger partial charge >= 0.3 is 6.03 Å². The van der Waals surface area contributed by atoms with Gasteiger partial charge in [0, 0.05) is 17.3 Å². The van der Waals surface area contributed by atoms with Crippen LogP contribution in [0.15, 0.2) is 30.5 Å². The van der Waals surface area contributed by atoms with Gasteiger partial charge in [-0.05, 0) is 18.6 Å². The number of aromatic nitrogens is 1. The summed E-state index contributed by atoms with van der Waals surface area (Å²) in [4.78, 5) is 35.7. The van der Waals surface area contributed by atoms with Crippen molar-refractivity contribution in [1.82, 2.24) is 20.1 Å². The van der Waals surface area contributed by atoms with Gasteiger partial charge in [0.05, 0.1) is 30.5 Å². The Balaban J connectivity index is 1.52. The van der Waals surface area contributed by atoms with Gasteiger partial charge in [0.25, 0.3) is 5.91 Å². The highest BCUT2D eigenvalue weighted by atomic mass is 32.1. The summed E-state index contributed by atoms with van der Waals surface area (Å²) in [5, 5.41) is 14.1. The molecule has 3 fully saturated rings. The van der Waals surface area contributed by atoms with Gasteiger partial charge in [-0.1, -0.05) is 30.2 Å². The van der Waals surface area contributed by atoms with Crippen molar-refractivity contribution in [2.24, 2.45) is 0 Å². The van der Waals surface area contributed by atoms with Crippen LogP contribution < -0.4 is 10.2 Å². The van der Waals surface area contributed by atoms with Crippen LogP contribution in [-0.2, 0) is 4.79 Å². The SMILES string of the molecule is C#CCNC(=S)N1CC2CC1[C@@H]1C(=O)N(c3cnc(C#N)c4ccccc34)C(=O)N21. The summed E-state index contributed by atoms with van der Waals surface area (Å²) < 4.78 is 0. The van der Waals surface area contributed by atoms with E-state index < -0.39 is 6.04 Å². The number of carbonyl (C=O) groups is 2. The topological polar surface area (TPSA) is 92.6 Å². The number of thiocarbonyl (C=S) groups is 1. The van der Waals surface area contributed by atoms with Gasteiger partial charge in [-0.3, -0.25) is 4.79 Å². The van der Waals surface area contributed by atoms with E-state index in [0.717, 1.165) is 0 Å². The van der Waals surface area contributed by atoms with Crippen LogP contribution in [0, 0.1) is 23.7 Å².